The number of amides is 1. The normalized spacial score (nSPS) is 21.7. The highest BCUT2D eigenvalue weighted by Gasteiger charge is 2.37. The SMILES string of the molecule is Cc1nc(C(F)(F)F)nc(N2CCN[C@H](C(=O)NC3CC3)C2)c1C. The summed E-state index contributed by atoms with van der Waals surface area (Å²) in [4.78, 5) is 21.2. The van der Waals surface area contributed by atoms with Crippen LogP contribution in [0, 0.1) is 13.8 Å². The van der Waals surface area contributed by atoms with Gasteiger partial charge in [0.2, 0.25) is 11.7 Å². The summed E-state index contributed by atoms with van der Waals surface area (Å²) in [5.74, 6) is -1.000. The highest BCUT2D eigenvalue weighted by Crippen LogP contribution is 2.30. The fourth-order valence-corrected chi connectivity index (χ4v) is 2.70. The van der Waals surface area contributed by atoms with E-state index in [0.29, 0.717) is 24.3 Å². The van der Waals surface area contributed by atoms with E-state index in [9.17, 15) is 18.0 Å². The average molecular weight is 343 g/mol. The van der Waals surface area contributed by atoms with Gasteiger partial charge in [0.15, 0.2) is 0 Å². The molecule has 1 aromatic rings. The summed E-state index contributed by atoms with van der Waals surface area (Å²) in [5.41, 5.74) is 0.899. The minimum Gasteiger partial charge on any atom is -0.353 e. The summed E-state index contributed by atoms with van der Waals surface area (Å²) >= 11 is 0. The second kappa shape index (κ2) is 6.19. The van der Waals surface area contributed by atoms with Gasteiger partial charge in [0.25, 0.3) is 0 Å². The first-order valence-corrected chi connectivity index (χ1v) is 7.97. The Bertz CT molecular complexity index is 645. The lowest BCUT2D eigenvalue weighted by Gasteiger charge is -2.35. The molecule has 0 unspecified atom stereocenters. The van der Waals surface area contributed by atoms with Gasteiger partial charge in [-0.1, -0.05) is 0 Å². The van der Waals surface area contributed by atoms with E-state index in [2.05, 4.69) is 20.6 Å². The maximum atomic E-state index is 13.0. The fourth-order valence-electron chi connectivity index (χ4n) is 2.70. The van der Waals surface area contributed by atoms with Crippen molar-refractivity contribution in [3.8, 4) is 0 Å². The number of carbonyl (C=O) groups excluding carboxylic acids is 1. The van der Waals surface area contributed by atoms with Crippen LogP contribution in [0.5, 0.6) is 0 Å². The van der Waals surface area contributed by atoms with E-state index in [4.69, 9.17) is 0 Å². The minimum atomic E-state index is -4.59. The van der Waals surface area contributed by atoms with Gasteiger partial charge in [0.1, 0.15) is 11.9 Å². The number of anilines is 1. The highest BCUT2D eigenvalue weighted by atomic mass is 19.4. The van der Waals surface area contributed by atoms with Gasteiger partial charge < -0.3 is 15.5 Å². The van der Waals surface area contributed by atoms with E-state index in [1.165, 1.54) is 6.92 Å². The summed E-state index contributed by atoms with van der Waals surface area (Å²) in [5, 5.41) is 6.03. The number of piperazine rings is 1. The molecule has 1 aliphatic heterocycles. The van der Waals surface area contributed by atoms with E-state index >= 15 is 0 Å². The summed E-state index contributed by atoms with van der Waals surface area (Å²) in [6.45, 7) is 4.52. The Labute approximate surface area is 137 Å². The lowest BCUT2D eigenvalue weighted by atomic mass is 10.1. The van der Waals surface area contributed by atoms with Crippen molar-refractivity contribution in [2.45, 2.75) is 44.9 Å². The summed E-state index contributed by atoms with van der Waals surface area (Å²) in [7, 11) is 0. The van der Waals surface area contributed by atoms with Crippen molar-refractivity contribution in [3.05, 3.63) is 17.1 Å². The average Bonchev–Trinajstić information content (AvgIpc) is 3.33. The second-order valence-corrected chi connectivity index (χ2v) is 6.31. The Balaban J connectivity index is 1.82. The van der Waals surface area contributed by atoms with Crippen molar-refractivity contribution in [1.29, 1.82) is 0 Å². The number of alkyl halides is 3. The number of aryl methyl sites for hydroxylation is 1. The van der Waals surface area contributed by atoms with Crippen LogP contribution in [0.25, 0.3) is 0 Å². The Morgan fingerprint density at radius 3 is 2.62 bits per heavy atom. The van der Waals surface area contributed by atoms with Gasteiger partial charge in [0, 0.05) is 36.9 Å². The number of hydrogen-bond acceptors (Lipinski definition) is 5. The van der Waals surface area contributed by atoms with Crippen molar-refractivity contribution in [2.24, 2.45) is 0 Å². The van der Waals surface area contributed by atoms with Crippen molar-refractivity contribution >= 4 is 11.7 Å². The number of nitrogens with zero attached hydrogens (tertiary/aromatic N) is 3. The molecular weight excluding hydrogens is 323 g/mol. The van der Waals surface area contributed by atoms with Gasteiger partial charge in [-0.15, -0.1) is 0 Å². The number of nitrogens with one attached hydrogen (secondary N) is 2. The van der Waals surface area contributed by atoms with Crippen molar-refractivity contribution in [3.63, 3.8) is 0 Å². The molecule has 132 valence electrons. The zero-order valence-corrected chi connectivity index (χ0v) is 13.6. The zero-order chi connectivity index (χ0) is 17.5. The van der Waals surface area contributed by atoms with Gasteiger partial charge in [-0.05, 0) is 26.7 Å². The largest absolute Gasteiger partial charge is 0.451 e. The van der Waals surface area contributed by atoms with Crippen LogP contribution in [-0.2, 0) is 11.0 Å². The molecule has 0 radical (unpaired) electrons. The first kappa shape index (κ1) is 16.9. The van der Waals surface area contributed by atoms with Crippen LogP contribution in [0.1, 0.15) is 29.9 Å². The van der Waals surface area contributed by atoms with Gasteiger partial charge in [-0.2, -0.15) is 13.2 Å². The number of aromatic nitrogens is 2. The molecule has 2 heterocycles. The monoisotopic (exact) mass is 343 g/mol. The molecule has 1 aliphatic carbocycles. The molecule has 1 saturated heterocycles. The smallest absolute Gasteiger partial charge is 0.353 e. The third kappa shape index (κ3) is 3.61. The third-order valence-electron chi connectivity index (χ3n) is 4.33. The maximum Gasteiger partial charge on any atom is 0.451 e. The lowest BCUT2D eigenvalue weighted by Crippen LogP contribution is -2.57. The molecular formula is C15H20F3N5O. The molecule has 2 N–H and O–H groups in total. The zero-order valence-electron chi connectivity index (χ0n) is 13.6. The first-order chi connectivity index (χ1) is 11.3. The standard InChI is InChI=1S/C15H20F3N5O/c1-8-9(2)20-14(15(16,17)18)22-12(8)23-6-5-19-11(7-23)13(24)21-10-3-4-10/h10-11,19H,3-7H2,1-2H3,(H,21,24)/t11-/m0/s1. The quantitative estimate of drug-likeness (QED) is 0.862. The lowest BCUT2D eigenvalue weighted by molar-refractivity contribution is -0.145. The third-order valence-corrected chi connectivity index (χ3v) is 4.33. The summed E-state index contributed by atoms with van der Waals surface area (Å²) in [6, 6.07) is -0.210. The predicted molar refractivity (Wildman–Crippen MR) is 81.7 cm³/mol. The molecule has 0 bridgehead atoms. The van der Waals surface area contributed by atoms with Gasteiger partial charge >= 0.3 is 6.18 Å². The minimum absolute atomic E-state index is 0.110. The molecule has 3 rings (SSSR count). The van der Waals surface area contributed by atoms with Crippen LogP contribution in [0.2, 0.25) is 0 Å². The molecule has 9 heteroatoms. The Morgan fingerprint density at radius 1 is 1.29 bits per heavy atom. The molecule has 6 nitrogen and oxygen atoms in total. The number of rotatable bonds is 3. The van der Waals surface area contributed by atoms with Gasteiger partial charge in [-0.25, -0.2) is 9.97 Å². The Kier molecular flexibility index (Phi) is 4.37. The molecule has 1 aromatic heterocycles. The summed E-state index contributed by atoms with van der Waals surface area (Å²) < 4.78 is 38.9. The van der Waals surface area contributed by atoms with Crippen LogP contribution in [0.3, 0.4) is 0 Å². The molecule has 0 spiro atoms. The molecule has 1 atom stereocenters. The Morgan fingerprint density at radius 2 is 2.00 bits per heavy atom. The van der Waals surface area contributed by atoms with Crippen molar-refractivity contribution in [1.82, 2.24) is 20.6 Å². The van der Waals surface area contributed by atoms with E-state index in [1.807, 2.05) is 0 Å². The fraction of sp³-hybridized carbons (Fsp3) is 0.667. The maximum absolute atomic E-state index is 13.0. The Hall–Kier alpha value is -1.90. The summed E-state index contributed by atoms with van der Waals surface area (Å²) in [6.07, 6.45) is -2.62. The predicted octanol–water partition coefficient (Wildman–Crippen LogP) is 1.17. The van der Waals surface area contributed by atoms with Crippen LogP contribution >= 0.6 is 0 Å². The van der Waals surface area contributed by atoms with Crippen LogP contribution in [0.15, 0.2) is 0 Å². The van der Waals surface area contributed by atoms with E-state index < -0.39 is 18.0 Å². The highest BCUT2D eigenvalue weighted by molar-refractivity contribution is 5.83. The van der Waals surface area contributed by atoms with Gasteiger partial charge in [-0.3, -0.25) is 4.79 Å². The van der Waals surface area contributed by atoms with E-state index in [0.717, 1.165) is 12.8 Å². The van der Waals surface area contributed by atoms with Gasteiger partial charge in [0.05, 0.1) is 0 Å². The van der Waals surface area contributed by atoms with Crippen LogP contribution < -0.4 is 15.5 Å². The van der Waals surface area contributed by atoms with Crippen LogP contribution in [0.4, 0.5) is 19.0 Å². The molecule has 2 fully saturated rings. The van der Waals surface area contributed by atoms with Crippen molar-refractivity contribution in [2.75, 3.05) is 24.5 Å². The van der Waals surface area contributed by atoms with E-state index in [1.54, 1.807) is 11.8 Å². The number of hydrogen-bond donors (Lipinski definition) is 2. The molecule has 0 aromatic carbocycles. The van der Waals surface area contributed by atoms with E-state index in [-0.39, 0.29) is 24.3 Å². The second-order valence-electron chi connectivity index (χ2n) is 6.31. The van der Waals surface area contributed by atoms with Crippen LogP contribution in [-0.4, -0.2) is 47.6 Å². The molecule has 2 aliphatic rings. The molecule has 24 heavy (non-hydrogen) atoms. The van der Waals surface area contributed by atoms with Crippen molar-refractivity contribution < 1.29 is 18.0 Å². The number of carbonyl (C=O) groups is 1. The number of halogens is 3. The molecule has 1 saturated carbocycles. The first-order valence-electron chi connectivity index (χ1n) is 7.97. The topological polar surface area (TPSA) is 70.2 Å². The molecule has 1 amide bonds.